The molecule has 0 N–H and O–H groups in total. The number of rotatable bonds is 3. The molecule has 18 heavy (non-hydrogen) atoms. The van der Waals surface area contributed by atoms with Crippen molar-refractivity contribution in [2.45, 2.75) is 40.0 Å². The van der Waals surface area contributed by atoms with Gasteiger partial charge in [-0.15, -0.1) is 0 Å². The molecule has 2 aromatic rings. The maximum Gasteiger partial charge on any atom is 0.0375 e. The summed E-state index contributed by atoms with van der Waals surface area (Å²) in [6, 6.07) is 11.1. The summed E-state index contributed by atoms with van der Waals surface area (Å²) in [5, 5.41) is 0. The smallest absolute Gasteiger partial charge is 0.0375 e. The fourth-order valence-corrected chi connectivity index (χ4v) is 2.12. The van der Waals surface area contributed by atoms with Gasteiger partial charge in [0, 0.05) is 11.9 Å². The van der Waals surface area contributed by atoms with E-state index in [0.29, 0.717) is 5.92 Å². The Kier molecular flexibility index (Phi) is 3.81. The van der Waals surface area contributed by atoms with Crippen molar-refractivity contribution in [3.05, 3.63) is 64.5 Å². The fraction of sp³-hybridized carbons (Fsp3) is 0.353. The molecule has 0 saturated carbocycles. The standard InChI is InChI=1S/C17H21N/c1-12(2)16-7-5-15(6-8-16)10-17-9-14(4)18-11-13(17)3/h5-9,11-12H,10H2,1-4H3. The first kappa shape index (κ1) is 12.8. The van der Waals surface area contributed by atoms with Gasteiger partial charge in [0.1, 0.15) is 0 Å². The Morgan fingerprint density at radius 1 is 1.06 bits per heavy atom. The van der Waals surface area contributed by atoms with Crippen LogP contribution in [-0.2, 0) is 6.42 Å². The van der Waals surface area contributed by atoms with E-state index < -0.39 is 0 Å². The molecule has 0 spiro atoms. The molecule has 1 heteroatoms. The molecule has 94 valence electrons. The molecule has 1 heterocycles. The lowest BCUT2D eigenvalue weighted by Gasteiger charge is -2.09. The van der Waals surface area contributed by atoms with E-state index in [9.17, 15) is 0 Å². The molecule has 1 nitrogen and oxygen atoms in total. The molecule has 0 saturated heterocycles. The first-order valence-corrected chi connectivity index (χ1v) is 6.57. The second kappa shape index (κ2) is 5.34. The quantitative estimate of drug-likeness (QED) is 0.773. The van der Waals surface area contributed by atoms with Crippen LogP contribution >= 0.6 is 0 Å². The van der Waals surface area contributed by atoms with E-state index in [1.807, 2.05) is 13.1 Å². The monoisotopic (exact) mass is 239 g/mol. The van der Waals surface area contributed by atoms with Crippen LogP contribution in [0, 0.1) is 13.8 Å². The molecule has 0 aliphatic carbocycles. The Labute approximate surface area is 110 Å². The SMILES string of the molecule is Cc1cc(Cc2ccc(C(C)C)cc2)c(C)cn1. The molecule has 0 aliphatic rings. The summed E-state index contributed by atoms with van der Waals surface area (Å²) in [5.74, 6) is 0.601. The second-order valence-corrected chi connectivity index (χ2v) is 5.33. The Bertz CT molecular complexity index is 524. The highest BCUT2D eigenvalue weighted by Gasteiger charge is 2.03. The summed E-state index contributed by atoms with van der Waals surface area (Å²) in [6.07, 6.45) is 2.96. The number of pyridine rings is 1. The van der Waals surface area contributed by atoms with Crippen molar-refractivity contribution in [3.8, 4) is 0 Å². The molecule has 0 fully saturated rings. The van der Waals surface area contributed by atoms with Gasteiger partial charge in [-0.2, -0.15) is 0 Å². The lowest BCUT2D eigenvalue weighted by atomic mass is 9.97. The summed E-state index contributed by atoms with van der Waals surface area (Å²) in [4.78, 5) is 4.32. The van der Waals surface area contributed by atoms with E-state index in [4.69, 9.17) is 0 Å². The average molecular weight is 239 g/mol. The molecule has 1 aromatic heterocycles. The number of aromatic nitrogens is 1. The fourth-order valence-electron chi connectivity index (χ4n) is 2.12. The van der Waals surface area contributed by atoms with Crippen LogP contribution < -0.4 is 0 Å². The van der Waals surface area contributed by atoms with Gasteiger partial charge in [0.15, 0.2) is 0 Å². The predicted molar refractivity (Wildman–Crippen MR) is 77.0 cm³/mol. The summed E-state index contributed by atoms with van der Waals surface area (Å²) < 4.78 is 0. The van der Waals surface area contributed by atoms with E-state index in [2.05, 4.69) is 56.1 Å². The second-order valence-electron chi connectivity index (χ2n) is 5.33. The third-order valence-corrected chi connectivity index (χ3v) is 3.39. The summed E-state index contributed by atoms with van der Waals surface area (Å²) in [5.41, 5.74) is 6.51. The molecular weight excluding hydrogens is 218 g/mol. The van der Waals surface area contributed by atoms with Crippen LogP contribution in [0.15, 0.2) is 36.5 Å². The molecule has 0 aliphatic heterocycles. The van der Waals surface area contributed by atoms with E-state index in [1.165, 1.54) is 22.3 Å². The zero-order chi connectivity index (χ0) is 13.1. The van der Waals surface area contributed by atoms with E-state index in [1.54, 1.807) is 0 Å². The minimum Gasteiger partial charge on any atom is -0.261 e. The third kappa shape index (κ3) is 2.98. The molecule has 1 aromatic carbocycles. The van der Waals surface area contributed by atoms with Crippen molar-refractivity contribution in [2.24, 2.45) is 0 Å². The van der Waals surface area contributed by atoms with Gasteiger partial charge in [-0.3, -0.25) is 4.98 Å². The molecule has 2 rings (SSSR count). The zero-order valence-electron chi connectivity index (χ0n) is 11.7. The highest BCUT2D eigenvalue weighted by atomic mass is 14.7. The van der Waals surface area contributed by atoms with Gasteiger partial charge in [0.05, 0.1) is 0 Å². The van der Waals surface area contributed by atoms with Crippen molar-refractivity contribution in [3.63, 3.8) is 0 Å². The van der Waals surface area contributed by atoms with Gasteiger partial charge in [0.25, 0.3) is 0 Å². The van der Waals surface area contributed by atoms with Gasteiger partial charge >= 0.3 is 0 Å². The summed E-state index contributed by atoms with van der Waals surface area (Å²) in [7, 11) is 0. The molecule has 0 atom stereocenters. The Morgan fingerprint density at radius 3 is 2.33 bits per heavy atom. The first-order chi connectivity index (χ1) is 8.56. The maximum absolute atomic E-state index is 4.32. The van der Waals surface area contributed by atoms with Gasteiger partial charge in [-0.1, -0.05) is 38.1 Å². The van der Waals surface area contributed by atoms with Crippen molar-refractivity contribution in [2.75, 3.05) is 0 Å². The largest absolute Gasteiger partial charge is 0.261 e. The third-order valence-electron chi connectivity index (χ3n) is 3.39. The van der Waals surface area contributed by atoms with Crippen LogP contribution in [0.3, 0.4) is 0 Å². The van der Waals surface area contributed by atoms with E-state index >= 15 is 0 Å². The van der Waals surface area contributed by atoms with Crippen LogP contribution in [0.2, 0.25) is 0 Å². The normalized spacial score (nSPS) is 10.9. The molecule has 0 unspecified atom stereocenters. The van der Waals surface area contributed by atoms with E-state index in [-0.39, 0.29) is 0 Å². The zero-order valence-corrected chi connectivity index (χ0v) is 11.7. The maximum atomic E-state index is 4.32. The van der Waals surface area contributed by atoms with Crippen LogP contribution in [0.5, 0.6) is 0 Å². The minimum atomic E-state index is 0.601. The first-order valence-electron chi connectivity index (χ1n) is 6.57. The van der Waals surface area contributed by atoms with E-state index in [0.717, 1.165) is 12.1 Å². The number of benzene rings is 1. The minimum absolute atomic E-state index is 0.601. The Hall–Kier alpha value is -1.63. The Morgan fingerprint density at radius 2 is 1.72 bits per heavy atom. The Balaban J connectivity index is 2.21. The average Bonchev–Trinajstić information content (AvgIpc) is 2.34. The number of hydrogen-bond donors (Lipinski definition) is 0. The number of aryl methyl sites for hydroxylation is 2. The summed E-state index contributed by atoms with van der Waals surface area (Å²) >= 11 is 0. The molecule has 0 amide bonds. The van der Waals surface area contributed by atoms with Gasteiger partial charge < -0.3 is 0 Å². The predicted octanol–water partition coefficient (Wildman–Crippen LogP) is 4.41. The van der Waals surface area contributed by atoms with Crippen molar-refractivity contribution >= 4 is 0 Å². The molecular formula is C17H21N. The number of nitrogens with zero attached hydrogens (tertiary/aromatic N) is 1. The van der Waals surface area contributed by atoms with Crippen LogP contribution in [0.25, 0.3) is 0 Å². The van der Waals surface area contributed by atoms with Gasteiger partial charge in [0.2, 0.25) is 0 Å². The van der Waals surface area contributed by atoms with Crippen LogP contribution in [-0.4, -0.2) is 4.98 Å². The highest BCUT2D eigenvalue weighted by Crippen LogP contribution is 2.18. The molecule has 0 bridgehead atoms. The van der Waals surface area contributed by atoms with Crippen LogP contribution in [0.1, 0.15) is 47.7 Å². The summed E-state index contributed by atoms with van der Waals surface area (Å²) in [6.45, 7) is 8.63. The van der Waals surface area contributed by atoms with Gasteiger partial charge in [-0.05, 0) is 54.5 Å². The van der Waals surface area contributed by atoms with Crippen molar-refractivity contribution in [1.82, 2.24) is 4.98 Å². The lowest BCUT2D eigenvalue weighted by Crippen LogP contribution is -1.95. The highest BCUT2D eigenvalue weighted by molar-refractivity contribution is 5.33. The number of hydrogen-bond acceptors (Lipinski definition) is 1. The molecule has 0 radical (unpaired) electrons. The van der Waals surface area contributed by atoms with Crippen molar-refractivity contribution < 1.29 is 0 Å². The lowest BCUT2D eigenvalue weighted by molar-refractivity contribution is 0.865. The van der Waals surface area contributed by atoms with Crippen molar-refractivity contribution in [1.29, 1.82) is 0 Å². The van der Waals surface area contributed by atoms with Gasteiger partial charge in [-0.25, -0.2) is 0 Å². The van der Waals surface area contributed by atoms with Crippen LogP contribution in [0.4, 0.5) is 0 Å². The topological polar surface area (TPSA) is 12.9 Å².